The fraction of sp³-hybridized carbons (Fsp3) is 0.182. The Morgan fingerprint density at radius 1 is 0.274 bits per heavy atom. The van der Waals surface area contributed by atoms with Crippen LogP contribution in [-0.2, 0) is 27.1 Å². The fourth-order valence-corrected chi connectivity index (χ4v) is 21.3. The third-order valence-corrected chi connectivity index (χ3v) is 27.6. The van der Waals surface area contributed by atoms with E-state index in [1.165, 1.54) is 74.2 Å². The van der Waals surface area contributed by atoms with E-state index in [1.807, 2.05) is 28.7 Å². The molecule has 0 N–H and O–H groups in total. The van der Waals surface area contributed by atoms with Gasteiger partial charge < -0.3 is 18.9 Å². The number of hydrogen-bond donors (Lipinski definition) is 0. The maximum Gasteiger partial charge on any atom is 0.252 e. The van der Waals surface area contributed by atoms with Crippen LogP contribution in [0.15, 0.2) is 303 Å². The van der Waals surface area contributed by atoms with Crippen LogP contribution >= 0.6 is 22.7 Å². The van der Waals surface area contributed by atoms with Gasteiger partial charge in [0.1, 0.15) is 0 Å². The van der Waals surface area contributed by atoms with E-state index in [0.717, 1.165) is 133 Å². The van der Waals surface area contributed by atoms with Crippen molar-refractivity contribution in [1.29, 1.82) is 0 Å². The second-order valence-electron chi connectivity index (χ2n) is 37.8. The summed E-state index contributed by atoms with van der Waals surface area (Å²) < 4.78 is 56.9. The van der Waals surface area contributed by atoms with E-state index in [-0.39, 0.29) is 56.8 Å². The molecule has 0 amide bonds. The van der Waals surface area contributed by atoms with Crippen LogP contribution in [0.2, 0.25) is 0 Å². The second kappa shape index (κ2) is 26.3. The number of nitrogens with zero attached hydrogens (tertiary/aromatic N) is 4. The minimum atomic E-state index is -0.468. The first kappa shape index (κ1) is 67.2. The highest BCUT2D eigenvalue weighted by atomic mass is 32.1. The molecule has 0 atom stereocenters. The van der Waals surface area contributed by atoms with E-state index in [4.69, 9.17) is 1.37 Å². The Hall–Kier alpha value is -12.0. The zero-order valence-electron chi connectivity index (χ0n) is 74.2. The highest BCUT2D eigenvalue weighted by Crippen LogP contribution is 2.56. The summed E-state index contributed by atoms with van der Waals surface area (Å²) in [5.41, 5.74) is 28.0. The van der Waals surface area contributed by atoms with Gasteiger partial charge in [0, 0.05) is 96.8 Å². The molecule has 0 saturated heterocycles. The SMILES string of the molecule is [2H]c1c([2H])c([2H])c(-c2ccc3c(c2)N(c2cccc4c2sc2c(-c5ccc6c(c5)sc5ccccc56)cccc24)c2cc(-n4c5ccc(C(C)(C)C)cc5c5cc(C(C)(C)C)ccc54)cc4c2B3c2ccc(-n3c5ccc(C(C)(C)C)cc5c5cc(C(C)(C)C)ccc53)cc2N4c2c(-c3ccccc3)cc(C(C)(C)C)cc2-c2ccccc2)c([2H])c1[2H]. The van der Waals surface area contributed by atoms with Crippen molar-refractivity contribution in [3.8, 4) is 55.9 Å². The molecule has 4 nitrogen and oxygen atoms in total. The maximum atomic E-state index is 9.79. The van der Waals surface area contributed by atoms with E-state index in [0.29, 0.717) is 5.56 Å². The molecule has 19 aromatic rings. The van der Waals surface area contributed by atoms with Crippen molar-refractivity contribution < 1.29 is 6.85 Å². The van der Waals surface area contributed by atoms with Crippen molar-refractivity contribution >= 4 is 164 Å². The average Bonchev–Trinajstić information content (AvgIpc) is 0.879. The van der Waals surface area contributed by atoms with Gasteiger partial charge in [0.15, 0.2) is 0 Å². The normalized spacial score (nSPS) is 14.0. The quantitative estimate of drug-likeness (QED) is 0.141. The predicted octanol–water partition coefficient (Wildman–Crippen LogP) is 29.9. The first-order chi connectivity index (χ1) is 58.2. The molecule has 0 aliphatic carbocycles. The van der Waals surface area contributed by atoms with Gasteiger partial charge >= 0.3 is 0 Å². The number of hydrogen-bond acceptors (Lipinski definition) is 4. The summed E-state index contributed by atoms with van der Waals surface area (Å²) in [5, 5.41) is 9.53. The largest absolute Gasteiger partial charge is 0.310 e. The molecular weight excluding hydrogens is 1450 g/mol. The van der Waals surface area contributed by atoms with Crippen LogP contribution in [0.25, 0.3) is 140 Å². The van der Waals surface area contributed by atoms with Crippen molar-refractivity contribution in [3.05, 3.63) is 331 Å². The smallest absolute Gasteiger partial charge is 0.252 e. The Morgan fingerprint density at radius 3 is 1.27 bits per heavy atom. The van der Waals surface area contributed by atoms with Gasteiger partial charge in [0.25, 0.3) is 6.71 Å². The number of anilines is 6. The Morgan fingerprint density at radius 2 is 0.726 bits per heavy atom. The zero-order chi connectivity index (χ0) is 84.6. The summed E-state index contributed by atoms with van der Waals surface area (Å²) in [6, 6.07) is 102. The monoisotopic (exact) mass is 1550 g/mol. The van der Waals surface area contributed by atoms with Gasteiger partial charge in [-0.25, -0.2) is 0 Å². The van der Waals surface area contributed by atoms with Crippen LogP contribution in [0.3, 0.4) is 0 Å². The molecule has 117 heavy (non-hydrogen) atoms. The summed E-state index contributed by atoms with van der Waals surface area (Å²) in [6.07, 6.45) is 0. The van der Waals surface area contributed by atoms with Crippen molar-refractivity contribution in [3.63, 3.8) is 0 Å². The van der Waals surface area contributed by atoms with E-state index in [2.05, 4.69) is 390 Å². The van der Waals surface area contributed by atoms with Gasteiger partial charge in [-0.05, 0) is 214 Å². The molecule has 0 spiro atoms. The molecule has 2 aliphatic heterocycles. The maximum absolute atomic E-state index is 9.79. The van der Waals surface area contributed by atoms with Crippen LogP contribution in [0.5, 0.6) is 0 Å². The Balaban J connectivity index is 0.946. The summed E-state index contributed by atoms with van der Waals surface area (Å²) in [7, 11) is 0. The van der Waals surface area contributed by atoms with Gasteiger partial charge in [0.05, 0.1) is 50.7 Å². The minimum Gasteiger partial charge on any atom is -0.310 e. The number of aromatic nitrogens is 2. The molecule has 6 heterocycles. The van der Waals surface area contributed by atoms with Gasteiger partial charge in [0.2, 0.25) is 0 Å². The van der Waals surface area contributed by atoms with E-state index < -0.39 is 12.8 Å². The topological polar surface area (TPSA) is 16.3 Å². The molecule has 21 rings (SSSR count). The number of fused-ring (bicyclic) bond motifs is 16. The van der Waals surface area contributed by atoms with Crippen molar-refractivity contribution in [2.45, 2.75) is 131 Å². The lowest BCUT2D eigenvalue weighted by atomic mass is 9.33. The number of benzene rings is 15. The highest BCUT2D eigenvalue weighted by molar-refractivity contribution is 7.27. The third kappa shape index (κ3) is 11.7. The lowest BCUT2D eigenvalue weighted by molar-refractivity contribution is 0.590. The summed E-state index contributed by atoms with van der Waals surface area (Å²) in [6.45, 7) is 34.2. The van der Waals surface area contributed by atoms with Crippen molar-refractivity contribution in [2.75, 3.05) is 9.80 Å². The highest BCUT2D eigenvalue weighted by Gasteiger charge is 2.46. The van der Waals surface area contributed by atoms with Gasteiger partial charge in [-0.2, -0.15) is 0 Å². The number of rotatable bonds is 8. The Labute approximate surface area is 702 Å². The zero-order valence-corrected chi connectivity index (χ0v) is 70.8. The standard InChI is InChI=1S/C110H95BN4S2/c1-106(2,3)71-43-51-91-85(57-71)86-58-72(107(4,5)6)44-52-92(86)112(91)76-47-50-90-97(63-76)115(103-83(67-31-21-17-22-32-67)61-75(110(13,14)15)62-84(103)68-33-23-18-24-34-68)99-65-77(113-93-53-45-73(108(7,8)9)59-87(93)88-60-74(109(10,11)12)46-54-94(88)113)64-98-102(99)111(90)89-49-42-69(66-29-19-16-20-30-66)55-96(89)114(98)95-39-28-38-82-81-37-27-36-78(104(81)117-105(82)95)70-41-48-80-79-35-25-26-40-100(79)116-101(80)56-70/h16-65H,1-15H3/i16D,19D,20D,29D,30D. The van der Waals surface area contributed by atoms with Crippen LogP contribution in [0, 0.1) is 0 Å². The van der Waals surface area contributed by atoms with Gasteiger partial charge in [-0.15, -0.1) is 22.7 Å². The van der Waals surface area contributed by atoms with Gasteiger partial charge in [-0.1, -0.05) is 298 Å². The molecule has 0 unspecified atom stereocenters. The lowest BCUT2D eigenvalue weighted by Crippen LogP contribution is -2.61. The third-order valence-electron chi connectivity index (χ3n) is 25.1. The van der Waals surface area contributed by atoms with Crippen LogP contribution in [0.1, 0.15) is 139 Å². The van der Waals surface area contributed by atoms with E-state index in [9.17, 15) is 5.48 Å². The molecule has 4 aromatic heterocycles. The fourth-order valence-electron chi connectivity index (χ4n) is 18.8. The molecular formula is C110H95BN4S2. The second-order valence-corrected chi connectivity index (χ2v) is 39.9. The first-order valence-electron chi connectivity index (χ1n) is 43.7. The Bertz CT molecular complexity index is 7450. The molecule has 0 radical (unpaired) electrons. The van der Waals surface area contributed by atoms with Crippen LogP contribution in [-0.4, -0.2) is 15.8 Å². The molecule has 0 fully saturated rings. The average molecular weight is 1550 g/mol. The van der Waals surface area contributed by atoms with E-state index >= 15 is 0 Å². The summed E-state index contributed by atoms with van der Waals surface area (Å²) in [4.78, 5) is 5.18. The predicted molar refractivity (Wildman–Crippen MR) is 510 cm³/mol. The minimum absolute atomic E-state index is 0.118. The molecule has 0 bridgehead atoms. The van der Waals surface area contributed by atoms with Crippen molar-refractivity contribution in [2.24, 2.45) is 0 Å². The molecule has 7 heteroatoms. The van der Waals surface area contributed by atoms with Crippen LogP contribution < -0.4 is 26.2 Å². The number of thiophene rings is 2. The van der Waals surface area contributed by atoms with Crippen LogP contribution in [0.4, 0.5) is 34.1 Å². The van der Waals surface area contributed by atoms with Gasteiger partial charge in [-0.3, -0.25) is 0 Å². The lowest BCUT2D eigenvalue weighted by Gasteiger charge is -2.45. The first-order valence-corrected chi connectivity index (χ1v) is 42.9. The molecule has 570 valence electrons. The van der Waals surface area contributed by atoms with E-state index in [1.54, 1.807) is 0 Å². The molecule has 15 aromatic carbocycles. The van der Waals surface area contributed by atoms with Crippen molar-refractivity contribution in [1.82, 2.24) is 9.13 Å². The summed E-state index contributed by atoms with van der Waals surface area (Å²) >= 11 is 3.66. The molecule has 0 saturated carbocycles. The molecule has 2 aliphatic rings. The Kier molecular flexibility index (Phi) is 15.1. The summed E-state index contributed by atoms with van der Waals surface area (Å²) in [5.74, 6) is 0.